The molecule has 1 aromatic heterocycles. The Morgan fingerprint density at radius 1 is 1.53 bits per heavy atom. The first kappa shape index (κ1) is 10.8. The summed E-state index contributed by atoms with van der Waals surface area (Å²) in [5, 5.41) is 3.72. The molecule has 0 N–H and O–H groups in total. The van der Waals surface area contributed by atoms with Crippen LogP contribution in [0.25, 0.3) is 0 Å². The number of rotatable bonds is 2. The Kier molecular flexibility index (Phi) is 3.93. The highest BCUT2D eigenvalue weighted by Gasteiger charge is 2.14. The van der Waals surface area contributed by atoms with E-state index in [0.717, 1.165) is 30.6 Å². The monoisotopic (exact) mass is 245 g/mol. The summed E-state index contributed by atoms with van der Waals surface area (Å²) < 4.78 is 10.8. The van der Waals surface area contributed by atoms with E-state index in [1.54, 1.807) is 11.8 Å². The lowest BCUT2D eigenvalue weighted by Gasteiger charge is -2.28. The normalized spacial score (nSPS) is 16.7. The molecular formula is C8H11N3O2S2. The van der Waals surface area contributed by atoms with Crippen LogP contribution in [0.15, 0.2) is 10.9 Å². The number of hydrogen-bond acceptors (Lipinski definition) is 6. The van der Waals surface area contributed by atoms with Gasteiger partial charge >= 0.3 is 0 Å². The number of thiocarbonyl (C=S) groups is 1. The lowest BCUT2D eigenvalue weighted by molar-refractivity contribution is 0.0702. The number of aromatic nitrogens is 2. The summed E-state index contributed by atoms with van der Waals surface area (Å²) in [6, 6.07) is 0. The summed E-state index contributed by atoms with van der Waals surface area (Å²) >= 11 is 6.85. The smallest absolute Gasteiger partial charge is 0.213 e. The van der Waals surface area contributed by atoms with Crippen molar-refractivity contribution in [3.05, 3.63) is 12.2 Å². The van der Waals surface area contributed by atoms with Gasteiger partial charge in [-0.2, -0.15) is 4.98 Å². The molecule has 1 aliphatic rings. The van der Waals surface area contributed by atoms with E-state index in [4.69, 9.17) is 17.0 Å². The summed E-state index contributed by atoms with van der Waals surface area (Å²) in [5.74, 6) is 1.34. The van der Waals surface area contributed by atoms with E-state index in [9.17, 15) is 0 Å². The zero-order valence-electron chi connectivity index (χ0n) is 8.09. The zero-order valence-corrected chi connectivity index (χ0v) is 9.72. The Bertz CT molecular complexity index is 312. The van der Waals surface area contributed by atoms with Crippen LogP contribution < -0.4 is 0 Å². The average molecular weight is 245 g/mol. The zero-order chi connectivity index (χ0) is 10.5. The van der Waals surface area contributed by atoms with Gasteiger partial charge in [-0.25, -0.2) is 0 Å². The van der Waals surface area contributed by atoms with Crippen molar-refractivity contribution in [3.8, 4) is 0 Å². The lowest BCUT2D eigenvalue weighted by Crippen LogP contribution is -2.38. The molecule has 0 saturated carbocycles. The number of hydrogen-bond donors (Lipinski definition) is 0. The molecule has 1 saturated heterocycles. The summed E-state index contributed by atoms with van der Waals surface area (Å²) in [6.07, 6.45) is 1.33. The van der Waals surface area contributed by atoms with Crippen molar-refractivity contribution in [1.29, 1.82) is 0 Å². The molecule has 15 heavy (non-hydrogen) atoms. The minimum atomic E-state index is 0.659. The number of thioether (sulfide) groups is 1. The molecule has 2 heterocycles. The van der Waals surface area contributed by atoms with Gasteiger partial charge in [0.25, 0.3) is 0 Å². The van der Waals surface area contributed by atoms with E-state index < -0.39 is 0 Å². The first-order valence-electron chi connectivity index (χ1n) is 4.61. The molecule has 1 fully saturated rings. The van der Waals surface area contributed by atoms with E-state index in [2.05, 4.69) is 19.6 Å². The molecule has 5 nitrogen and oxygen atoms in total. The van der Waals surface area contributed by atoms with Gasteiger partial charge < -0.3 is 14.2 Å². The fourth-order valence-electron chi connectivity index (χ4n) is 1.22. The van der Waals surface area contributed by atoms with Crippen LogP contribution in [-0.2, 0) is 10.5 Å². The van der Waals surface area contributed by atoms with Gasteiger partial charge in [0.2, 0.25) is 6.39 Å². The first-order valence-corrected chi connectivity index (χ1v) is 6.00. The van der Waals surface area contributed by atoms with E-state index in [0.29, 0.717) is 11.6 Å². The number of morpholine rings is 1. The van der Waals surface area contributed by atoms with Crippen LogP contribution in [0, 0.1) is 0 Å². The van der Waals surface area contributed by atoms with Crippen LogP contribution in [0.5, 0.6) is 0 Å². The van der Waals surface area contributed by atoms with Crippen molar-refractivity contribution >= 4 is 28.3 Å². The van der Waals surface area contributed by atoms with Crippen LogP contribution >= 0.6 is 24.0 Å². The highest BCUT2D eigenvalue weighted by molar-refractivity contribution is 8.22. The molecule has 2 rings (SSSR count). The SMILES string of the molecule is S=C(SCc1ncon1)N1CCOCC1. The lowest BCUT2D eigenvalue weighted by atomic mass is 10.5. The van der Waals surface area contributed by atoms with Crippen molar-refractivity contribution in [1.82, 2.24) is 15.0 Å². The molecule has 1 aromatic rings. The second kappa shape index (κ2) is 5.43. The van der Waals surface area contributed by atoms with Gasteiger partial charge in [0.05, 0.1) is 19.0 Å². The fourth-order valence-corrected chi connectivity index (χ4v) is 2.32. The van der Waals surface area contributed by atoms with Crippen LogP contribution in [0.3, 0.4) is 0 Å². The molecule has 0 aromatic carbocycles. The summed E-state index contributed by atoms with van der Waals surface area (Å²) in [4.78, 5) is 6.07. The third-order valence-corrected chi connectivity index (χ3v) is 3.52. The maximum absolute atomic E-state index is 5.29. The van der Waals surface area contributed by atoms with Crippen LogP contribution in [0.4, 0.5) is 0 Å². The quantitative estimate of drug-likeness (QED) is 0.718. The number of ether oxygens (including phenoxy) is 1. The Morgan fingerprint density at radius 2 is 2.33 bits per heavy atom. The second-order valence-electron chi connectivity index (χ2n) is 3.00. The third-order valence-electron chi connectivity index (χ3n) is 2.00. The summed E-state index contributed by atoms with van der Waals surface area (Å²) in [5.41, 5.74) is 0. The average Bonchev–Trinajstić information content (AvgIpc) is 2.80. The van der Waals surface area contributed by atoms with Crippen LogP contribution in [0.2, 0.25) is 0 Å². The predicted molar refractivity (Wildman–Crippen MR) is 60.6 cm³/mol. The van der Waals surface area contributed by atoms with Crippen molar-refractivity contribution in [2.24, 2.45) is 0 Å². The molecule has 82 valence electrons. The van der Waals surface area contributed by atoms with E-state index in [-0.39, 0.29) is 0 Å². The van der Waals surface area contributed by atoms with Crippen molar-refractivity contribution in [2.75, 3.05) is 26.3 Å². The van der Waals surface area contributed by atoms with Gasteiger partial charge in [-0.05, 0) is 0 Å². The molecular weight excluding hydrogens is 234 g/mol. The maximum Gasteiger partial charge on any atom is 0.213 e. The molecule has 0 bridgehead atoms. The molecule has 0 unspecified atom stereocenters. The Morgan fingerprint density at radius 3 is 3.00 bits per heavy atom. The largest absolute Gasteiger partial charge is 0.378 e. The molecule has 0 radical (unpaired) electrons. The molecule has 1 aliphatic heterocycles. The van der Waals surface area contributed by atoms with Crippen LogP contribution in [0.1, 0.15) is 5.82 Å². The molecule has 0 amide bonds. The van der Waals surface area contributed by atoms with Gasteiger partial charge in [0.15, 0.2) is 5.82 Å². The second-order valence-corrected chi connectivity index (χ2v) is 4.61. The minimum Gasteiger partial charge on any atom is -0.378 e. The van der Waals surface area contributed by atoms with Crippen molar-refractivity contribution in [2.45, 2.75) is 5.75 Å². The third kappa shape index (κ3) is 3.15. The molecule has 7 heteroatoms. The first-order chi connectivity index (χ1) is 7.36. The minimum absolute atomic E-state index is 0.659. The highest BCUT2D eigenvalue weighted by atomic mass is 32.2. The van der Waals surface area contributed by atoms with Gasteiger partial charge in [-0.1, -0.05) is 29.1 Å². The molecule has 0 aliphatic carbocycles. The Balaban J connectivity index is 1.76. The summed E-state index contributed by atoms with van der Waals surface area (Å²) in [6.45, 7) is 3.25. The van der Waals surface area contributed by atoms with E-state index >= 15 is 0 Å². The standard InChI is InChI=1S/C8H11N3O2S2/c14-8(11-1-3-12-4-2-11)15-5-7-9-6-13-10-7/h6H,1-5H2. The van der Waals surface area contributed by atoms with Crippen molar-refractivity contribution in [3.63, 3.8) is 0 Å². The van der Waals surface area contributed by atoms with Crippen LogP contribution in [-0.4, -0.2) is 45.7 Å². The van der Waals surface area contributed by atoms with Gasteiger partial charge in [0, 0.05) is 13.1 Å². The summed E-state index contributed by atoms with van der Waals surface area (Å²) in [7, 11) is 0. The van der Waals surface area contributed by atoms with Gasteiger partial charge in [-0.15, -0.1) is 0 Å². The Hall–Kier alpha value is -0.660. The molecule has 0 atom stereocenters. The maximum atomic E-state index is 5.29. The van der Waals surface area contributed by atoms with Crippen molar-refractivity contribution < 1.29 is 9.26 Å². The fraction of sp³-hybridized carbons (Fsp3) is 0.625. The van der Waals surface area contributed by atoms with Gasteiger partial charge in [0.1, 0.15) is 4.32 Å². The van der Waals surface area contributed by atoms with E-state index in [1.807, 2.05) is 0 Å². The highest BCUT2D eigenvalue weighted by Crippen LogP contribution is 2.15. The molecule has 0 spiro atoms. The number of nitrogens with zero attached hydrogens (tertiary/aromatic N) is 3. The topological polar surface area (TPSA) is 51.4 Å². The predicted octanol–water partition coefficient (Wildman–Crippen LogP) is 0.920. The van der Waals surface area contributed by atoms with Gasteiger partial charge in [-0.3, -0.25) is 0 Å². The van der Waals surface area contributed by atoms with E-state index in [1.165, 1.54) is 6.39 Å². The Labute approximate surface area is 97.2 Å².